The maximum absolute atomic E-state index is 12.7. The molecule has 180 valence electrons. The molecule has 33 heavy (non-hydrogen) atoms. The summed E-state index contributed by atoms with van der Waals surface area (Å²) in [6, 6.07) is 6.66. The van der Waals surface area contributed by atoms with Crippen molar-refractivity contribution < 1.29 is 33.5 Å². The second-order valence-electron chi connectivity index (χ2n) is 6.82. The van der Waals surface area contributed by atoms with Crippen LogP contribution in [0.2, 0.25) is 0 Å². The maximum Gasteiger partial charge on any atom is 0.469 e. The number of nitrogens with two attached hydrogens (primary N) is 1. The number of carbonyl (C=O) groups excluding carboxylic acids is 1. The Balaban J connectivity index is 2.26. The molecule has 6 N–H and O–H groups in total. The van der Waals surface area contributed by atoms with Gasteiger partial charge in [-0.3, -0.25) is 9.32 Å². The maximum atomic E-state index is 12.7. The largest absolute Gasteiger partial charge is 0.497 e. The molecule has 0 unspecified atom stereocenters. The number of thiol groups is 1. The Morgan fingerprint density at radius 2 is 1.94 bits per heavy atom. The second kappa shape index (κ2) is 12.0. The summed E-state index contributed by atoms with van der Waals surface area (Å²) in [4.78, 5) is 39.2. The molecule has 1 heterocycles. The fraction of sp³-hybridized carbons (Fsp3) is 0.300. The lowest BCUT2D eigenvalue weighted by atomic mass is 10.2. The van der Waals surface area contributed by atoms with E-state index in [-0.39, 0.29) is 47.4 Å². The van der Waals surface area contributed by atoms with Crippen LogP contribution in [0.3, 0.4) is 0 Å². The van der Waals surface area contributed by atoms with Crippen molar-refractivity contribution in [1.29, 1.82) is 0 Å². The number of aryl methyl sites for hydroxylation is 1. The first kappa shape index (κ1) is 26.7. The number of rotatable bonds is 10. The summed E-state index contributed by atoms with van der Waals surface area (Å²) < 4.78 is 20.6. The molecule has 13 heteroatoms. The van der Waals surface area contributed by atoms with Gasteiger partial charge in [-0.15, -0.1) is 11.4 Å². The number of aliphatic hydroxyl groups is 1. The highest BCUT2D eigenvalue weighted by molar-refractivity contribution is 8.02. The summed E-state index contributed by atoms with van der Waals surface area (Å²) in [6.07, 6.45) is 1.52. The van der Waals surface area contributed by atoms with Crippen LogP contribution in [0.25, 0.3) is 0 Å². The number of benzene rings is 1. The van der Waals surface area contributed by atoms with Crippen LogP contribution < -0.4 is 15.8 Å². The molecule has 2 aromatic rings. The van der Waals surface area contributed by atoms with Crippen molar-refractivity contribution in [2.24, 2.45) is 0 Å². The highest BCUT2D eigenvalue weighted by Gasteiger charge is 2.16. The molecule has 1 aromatic heterocycles. The molecule has 0 bridgehead atoms. The van der Waals surface area contributed by atoms with E-state index in [9.17, 15) is 14.5 Å². The molecule has 0 radical (unpaired) electrons. The van der Waals surface area contributed by atoms with E-state index in [1.807, 2.05) is 0 Å². The predicted molar refractivity (Wildman–Crippen MR) is 127 cm³/mol. The third-order valence-corrected chi connectivity index (χ3v) is 6.24. The fourth-order valence-corrected chi connectivity index (χ4v) is 3.94. The van der Waals surface area contributed by atoms with Crippen LogP contribution in [0.4, 0.5) is 5.82 Å². The highest BCUT2D eigenvalue weighted by Crippen LogP contribution is 2.36. The number of aliphatic hydroxyl groups excluding tert-OH is 1. The van der Waals surface area contributed by atoms with Crippen molar-refractivity contribution in [3.05, 3.63) is 57.9 Å². The monoisotopic (exact) mass is 498 g/mol. The zero-order valence-electron chi connectivity index (χ0n) is 18.3. The summed E-state index contributed by atoms with van der Waals surface area (Å²) in [5.41, 5.74) is 7.15. The van der Waals surface area contributed by atoms with Gasteiger partial charge < -0.3 is 30.7 Å². The number of amides is 1. The molecule has 0 saturated carbocycles. The van der Waals surface area contributed by atoms with Gasteiger partial charge >= 0.3 is 7.82 Å². The highest BCUT2D eigenvalue weighted by atomic mass is 32.1. The van der Waals surface area contributed by atoms with E-state index >= 15 is 0 Å². The van der Waals surface area contributed by atoms with E-state index < -0.39 is 13.7 Å². The molecule has 2 rings (SSSR count). The van der Waals surface area contributed by atoms with Crippen LogP contribution in [0.5, 0.6) is 5.75 Å². The first-order valence-corrected chi connectivity index (χ1v) is 12.1. The van der Waals surface area contributed by atoms with E-state index in [0.717, 1.165) is 0 Å². The number of carbonyl (C=O) groups is 1. The number of nitrogen functional groups attached to an aromatic ring is 1. The van der Waals surface area contributed by atoms with Crippen molar-refractivity contribution >= 4 is 35.9 Å². The fourth-order valence-electron chi connectivity index (χ4n) is 2.61. The molecule has 0 aliphatic heterocycles. The van der Waals surface area contributed by atoms with Gasteiger partial charge in [0.2, 0.25) is 5.91 Å². The lowest BCUT2D eigenvalue weighted by Gasteiger charge is -2.13. The topological polar surface area (TPSA) is 177 Å². The molecule has 1 aromatic carbocycles. The zero-order chi connectivity index (χ0) is 24.6. The lowest BCUT2D eigenvalue weighted by Crippen LogP contribution is -2.25. The molecule has 1 amide bonds. The van der Waals surface area contributed by atoms with Crippen LogP contribution in [0.15, 0.2) is 40.9 Å². The number of nitrogens with zero attached hydrogens (tertiary/aromatic N) is 2. The van der Waals surface area contributed by atoms with E-state index in [1.165, 1.54) is 13.3 Å². The van der Waals surface area contributed by atoms with Crippen LogP contribution in [0, 0.1) is 6.92 Å². The summed E-state index contributed by atoms with van der Waals surface area (Å²) in [5.74, 6) is 0.928. The van der Waals surface area contributed by atoms with E-state index in [1.54, 1.807) is 38.1 Å². The Kier molecular flexibility index (Phi) is 9.71. The molecular weight excluding hydrogens is 471 g/mol. The Morgan fingerprint density at radius 1 is 1.27 bits per heavy atom. The summed E-state index contributed by atoms with van der Waals surface area (Å²) >= 11 is 0.283. The van der Waals surface area contributed by atoms with Crippen LogP contribution in [-0.4, -0.2) is 49.5 Å². The van der Waals surface area contributed by atoms with Gasteiger partial charge in [0.05, 0.1) is 13.7 Å². The number of aromatic nitrogens is 2. The summed E-state index contributed by atoms with van der Waals surface area (Å²) in [6.45, 7) is 2.99. The molecule has 0 aliphatic carbocycles. The third kappa shape index (κ3) is 8.69. The van der Waals surface area contributed by atoms with E-state index in [2.05, 4.69) is 19.8 Å². The number of phosphoric ester groups is 1. The van der Waals surface area contributed by atoms with Gasteiger partial charge in [-0.1, -0.05) is 0 Å². The molecule has 0 saturated heterocycles. The van der Waals surface area contributed by atoms with Crippen molar-refractivity contribution in [2.75, 3.05) is 19.5 Å². The standard InChI is InChI=1S/C20H27N4O7PS/c1-12(19(25)23-11-15-10-22-13(2)24-18(15)21)17(8-9-31-32(27,28)29)33-20(26)14-4-6-16(30-3)7-5-14/h4-7,10,26,33H,8-9,11H2,1-3H3,(H,23,25)(H2,21,22,24)(H2,27,28,29)/b17-12-. The normalized spacial score (nSPS) is 13.1. The predicted octanol–water partition coefficient (Wildman–Crippen LogP) is 1.97. The van der Waals surface area contributed by atoms with Gasteiger partial charge in [-0.2, -0.15) is 0 Å². The SMILES string of the molecule is COc1ccc(/C(O)=[SH]/C(CCOP(=O)(O)O)=C(/C)C(=O)NCc2cnc(C)nc2N)cc1. The van der Waals surface area contributed by atoms with Crippen LogP contribution >= 0.6 is 19.2 Å². The summed E-state index contributed by atoms with van der Waals surface area (Å²) in [5, 5.41) is 13.2. The average molecular weight is 498 g/mol. The van der Waals surface area contributed by atoms with E-state index in [0.29, 0.717) is 27.6 Å². The van der Waals surface area contributed by atoms with Crippen molar-refractivity contribution in [2.45, 2.75) is 26.8 Å². The minimum Gasteiger partial charge on any atom is -0.497 e. The Bertz CT molecular complexity index is 1100. The number of hydrogen-bond acceptors (Lipinski definition) is 7. The number of ether oxygens (including phenoxy) is 1. The number of anilines is 1. The van der Waals surface area contributed by atoms with Gasteiger partial charge in [0.15, 0.2) is 0 Å². The minimum atomic E-state index is -4.68. The Morgan fingerprint density at radius 3 is 2.52 bits per heavy atom. The Hall–Kier alpha value is -2.60. The van der Waals surface area contributed by atoms with Crippen LogP contribution in [-0.2, 0) is 20.4 Å². The quantitative estimate of drug-likeness (QED) is 0.123. The van der Waals surface area contributed by atoms with Crippen LogP contribution in [0.1, 0.15) is 30.3 Å². The minimum absolute atomic E-state index is 0.00190. The van der Waals surface area contributed by atoms with Crippen molar-refractivity contribution in [1.82, 2.24) is 15.3 Å². The number of nitrogens with one attached hydrogen (secondary N) is 1. The smallest absolute Gasteiger partial charge is 0.469 e. The van der Waals surface area contributed by atoms with Gasteiger partial charge in [-0.25, -0.2) is 14.5 Å². The van der Waals surface area contributed by atoms with Gasteiger partial charge in [0.1, 0.15) is 22.4 Å². The Labute approximate surface area is 194 Å². The molecular formula is C20H27N4O7PS. The molecule has 11 nitrogen and oxygen atoms in total. The first-order valence-electron chi connectivity index (χ1n) is 9.68. The number of hydrogen-bond donors (Lipinski definition) is 6. The van der Waals surface area contributed by atoms with Crippen molar-refractivity contribution in [3.63, 3.8) is 0 Å². The molecule has 0 fully saturated rings. The second-order valence-corrected chi connectivity index (χ2v) is 9.25. The van der Waals surface area contributed by atoms with E-state index in [4.69, 9.17) is 20.3 Å². The van der Waals surface area contributed by atoms with Gasteiger partial charge in [0.25, 0.3) is 0 Å². The summed E-state index contributed by atoms with van der Waals surface area (Å²) in [7, 11) is -3.15. The number of methoxy groups -OCH3 is 1. The molecule has 0 spiro atoms. The number of phosphoric acid groups is 1. The zero-order valence-corrected chi connectivity index (χ0v) is 20.1. The molecule has 0 aliphatic rings. The third-order valence-electron chi connectivity index (χ3n) is 4.42. The van der Waals surface area contributed by atoms with Crippen molar-refractivity contribution in [3.8, 4) is 5.75 Å². The molecule has 0 atom stereocenters. The van der Waals surface area contributed by atoms with Gasteiger partial charge in [0, 0.05) is 35.9 Å². The average Bonchev–Trinajstić information content (AvgIpc) is 2.76. The first-order chi connectivity index (χ1) is 15.5. The lowest BCUT2D eigenvalue weighted by molar-refractivity contribution is -0.117. The van der Waals surface area contributed by atoms with Gasteiger partial charge in [-0.05, 0) is 43.0 Å².